The number of hydrogen-bond acceptors (Lipinski definition) is 1. The van der Waals surface area contributed by atoms with E-state index in [1.165, 1.54) is 49.3 Å². The molecular formula is C55H110O. The minimum absolute atomic E-state index is 0. The molecule has 0 N–H and O–H groups in total. The monoisotopic (exact) mass is 787 g/mol. The maximum Gasteiger partial charge on any atom is 0.0466 e. The van der Waals surface area contributed by atoms with Crippen LogP contribution in [0.3, 0.4) is 0 Å². The molecule has 2 aliphatic rings. The number of ether oxygens (including phenoxy) is 1. The van der Waals surface area contributed by atoms with Crippen LogP contribution in [-0.2, 0) is 17.6 Å². The Bertz CT molecular complexity index is 848. The van der Waals surface area contributed by atoms with E-state index in [4.69, 9.17) is 4.74 Å². The van der Waals surface area contributed by atoms with Crippen LogP contribution in [0.15, 0.2) is 109 Å². The highest BCUT2D eigenvalue weighted by atomic mass is 16.5. The lowest BCUT2D eigenvalue weighted by atomic mass is 10.1. The molecule has 1 aliphatic heterocycles. The molecule has 1 heterocycles. The van der Waals surface area contributed by atoms with E-state index in [0.29, 0.717) is 0 Å². The molecular weight excluding hydrogens is 677 g/mol. The second kappa shape index (κ2) is 104. The molecule has 0 bridgehead atoms. The SMILES string of the molecule is C.C1CCOCC1.CC.CC.CC.CC.CC.CC.CC.CC.CC.CC.CC.CC.c1ccc2c(c1)CCC2.c1ccc2ccccc2c1.c1ccccc1. The molecule has 1 aliphatic carbocycles. The molecule has 0 radical (unpaired) electrons. The van der Waals surface area contributed by atoms with E-state index in [9.17, 15) is 0 Å². The number of fused-ring (bicyclic) bond motifs is 2. The highest BCUT2D eigenvalue weighted by Crippen LogP contribution is 2.20. The number of benzene rings is 4. The van der Waals surface area contributed by atoms with Crippen molar-refractivity contribution in [3.05, 3.63) is 120 Å². The Kier molecular flexibility index (Phi) is 152. The Balaban J connectivity index is -0.0000000457. The third-order valence-corrected chi connectivity index (χ3v) is 5.41. The molecule has 6 rings (SSSR count). The predicted octanol–water partition coefficient (Wildman–Crippen LogP) is 20.8. The van der Waals surface area contributed by atoms with E-state index in [1.807, 2.05) is 203 Å². The van der Waals surface area contributed by atoms with Crippen LogP contribution in [0.5, 0.6) is 0 Å². The molecule has 4 aromatic carbocycles. The topological polar surface area (TPSA) is 9.23 Å². The fourth-order valence-electron chi connectivity index (χ4n) is 3.72. The first-order valence-electron chi connectivity index (χ1n) is 23.5. The van der Waals surface area contributed by atoms with Gasteiger partial charge in [-0.05, 0) is 60.4 Å². The summed E-state index contributed by atoms with van der Waals surface area (Å²) in [4.78, 5) is 0. The van der Waals surface area contributed by atoms with Crippen molar-refractivity contribution in [2.45, 2.75) is 212 Å². The lowest BCUT2D eigenvalue weighted by Gasteiger charge is -2.08. The molecule has 0 unspecified atom stereocenters. The highest BCUT2D eigenvalue weighted by Gasteiger charge is 2.07. The second-order valence-electron chi connectivity index (χ2n) is 7.80. The summed E-state index contributed by atoms with van der Waals surface area (Å²) in [6.45, 7) is 50.0. The highest BCUT2D eigenvalue weighted by molar-refractivity contribution is 5.82. The van der Waals surface area contributed by atoms with Crippen molar-refractivity contribution in [1.82, 2.24) is 0 Å². The van der Waals surface area contributed by atoms with E-state index in [-0.39, 0.29) is 7.43 Å². The normalized spacial score (nSPS) is 9.00. The summed E-state index contributed by atoms with van der Waals surface area (Å²) in [6.07, 6.45) is 7.89. The Morgan fingerprint density at radius 1 is 0.268 bits per heavy atom. The van der Waals surface area contributed by atoms with Crippen molar-refractivity contribution >= 4 is 10.8 Å². The Morgan fingerprint density at radius 2 is 0.482 bits per heavy atom. The van der Waals surface area contributed by atoms with Crippen LogP contribution in [0.2, 0.25) is 0 Å². The molecule has 1 saturated heterocycles. The average molecular weight is 787 g/mol. The first kappa shape index (κ1) is 81.3. The van der Waals surface area contributed by atoms with Gasteiger partial charge in [0.05, 0.1) is 0 Å². The first-order chi connectivity index (χ1) is 27.4. The summed E-state index contributed by atoms with van der Waals surface area (Å²) in [6, 6.07) is 37.4. The van der Waals surface area contributed by atoms with Crippen LogP contribution in [-0.4, -0.2) is 13.2 Å². The molecule has 336 valence electrons. The molecule has 4 aromatic rings. The van der Waals surface area contributed by atoms with Crippen LogP contribution in [0.4, 0.5) is 0 Å². The van der Waals surface area contributed by atoms with Crippen LogP contribution in [0, 0.1) is 0 Å². The maximum absolute atomic E-state index is 5.07. The van der Waals surface area contributed by atoms with Crippen LogP contribution >= 0.6 is 0 Å². The van der Waals surface area contributed by atoms with Gasteiger partial charge in [-0.1, -0.05) is 283 Å². The van der Waals surface area contributed by atoms with Crippen molar-refractivity contribution in [1.29, 1.82) is 0 Å². The predicted molar refractivity (Wildman–Crippen MR) is 276 cm³/mol. The summed E-state index contributed by atoms with van der Waals surface area (Å²) < 4.78 is 5.07. The van der Waals surface area contributed by atoms with Gasteiger partial charge in [-0.2, -0.15) is 0 Å². The third-order valence-electron chi connectivity index (χ3n) is 5.41. The van der Waals surface area contributed by atoms with Gasteiger partial charge in [0.15, 0.2) is 0 Å². The van der Waals surface area contributed by atoms with Crippen molar-refractivity contribution in [2.75, 3.05) is 13.2 Å². The van der Waals surface area contributed by atoms with Crippen molar-refractivity contribution in [3.63, 3.8) is 0 Å². The van der Waals surface area contributed by atoms with Gasteiger partial charge in [0.2, 0.25) is 0 Å². The first-order valence-corrected chi connectivity index (χ1v) is 23.5. The molecule has 0 amide bonds. The fraction of sp³-hybridized carbons (Fsp3) is 0.600. The summed E-state index contributed by atoms with van der Waals surface area (Å²) >= 11 is 0. The number of hydrogen-bond donors (Lipinski definition) is 0. The Hall–Kier alpha value is -2.90. The zero-order valence-corrected chi connectivity index (χ0v) is 42.5. The molecule has 0 spiro atoms. The van der Waals surface area contributed by atoms with Gasteiger partial charge in [-0.25, -0.2) is 0 Å². The van der Waals surface area contributed by atoms with E-state index in [2.05, 4.69) is 72.8 Å². The minimum atomic E-state index is 0. The molecule has 56 heavy (non-hydrogen) atoms. The minimum Gasteiger partial charge on any atom is -0.381 e. The summed E-state index contributed by atoms with van der Waals surface area (Å²) in [7, 11) is 0. The second-order valence-corrected chi connectivity index (χ2v) is 7.80. The average Bonchev–Trinajstić information content (AvgIpc) is 3.85. The van der Waals surface area contributed by atoms with Crippen molar-refractivity contribution in [3.8, 4) is 0 Å². The fourth-order valence-corrected chi connectivity index (χ4v) is 3.72. The van der Waals surface area contributed by atoms with Crippen molar-refractivity contribution < 1.29 is 4.74 Å². The summed E-state index contributed by atoms with van der Waals surface area (Å²) in [5.41, 5.74) is 3.13. The molecule has 0 atom stereocenters. The third kappa shape index (κ3) is 66.0. The summed E-state index contributed by atoms with van der Waals surface area (Å²) in [5.74, 6) is 0. The Morgan fingerprint density at radius 3 is 0.661 bits per heavy atom. The maximum atomic E-state index is 5.07. The lowest BCUT2D eigenvalue weighted by molar-refractivity contribution is 0.0968. The van der Waals surface area contributed by atoms with Gasteiger partial charge in [-0.15, -0.1) is 0 Å². The van der Waals surface area contributed by atoms with Gasteiger partial charge in [0.1, 0.15) is 0 Å². The van der Waals surface area contributed by atoms with E-state index in [0.717, 1.165) is 13.2 Å². The van der Waals surface area contributed by atoms with Gasteiger partial charge in [-0.3, -0.25) is 0 Å². The zero-order valence-electron chi connectivity index (χ0n) is 42.5. The van der Waals surface area contributed by atoms with E-state index >= 15 is 0 Å². The van der Waals surface area contributed by atoms with Crippen LogP contribution < -0.4 is 0 Å². The molecule has 0 saturated carbocycles. The molecule has 0 aromatic heterocycles. The summed E-state index contributed by atoms with van der Waals surface area (Å²) in [5, 5.41) is 2.62. The van der Waals surface area contributed by atoms with Gasteiger partial charge in [0, 0.05) is 13.2 Å². The van der Waals surface area contributed by atoms with Gasteiger partial charge < -0.3 is 4.74 Å². The molecule has 1 fully saturated rings. The van der Waals surface area contributed by atoms with Gasteiger partial charge >= 0.3 is 0 Å². The molecule has 1 heteroatoms. The number of aryl methyl sites for hydroxylation is 2. The number of rotatable bonds is 0. The van der Waals surface area contributed by atoms with E-state index in [1.54, 1.807) is 11.1 Å². The Labute approximate surface area is 359 Å². The quantitative estimate of drug-likeness (QED) is 0.172. The molecule has 1 nitrogen and oxygen atoms in total. The lowest BCUT2D eigenvalue weighted by Crippen LogP contribution is -2.03. The van der Waals surface area contributed by atoms with Crippen LogP contribution in [0.1, 0.15) is 210 Å². The zero-order chi connectivity index (χ0) is 45.4. The van der Waals surface area contributed by atoms with Crippen LogP contribution in [0.25, 0.3) is 10.8 Å². The van der Waals surface area contributed by atoms with Gasteiger partial charge in [0.25, 0.3) is 0 Å². The van der Waals surface area contributed by atoms with E-state index < -0.39 is 0 Å². The van der Waals surface area contributed by atoms with Crippen molar-refractivity contribution in [2.24, 2.45) is 0 Å². The standard InChI is InChI=1S/C10H8.C9H10.C6H6.C5H10O.12C2H6.CH4/c1-2-6-10-8-4-3-7-9(10)5-1;1-2-5-9-7-3-6-8(9)4-1;2*1-2-4-6-5-3-1;12*1-2;/h1-8H;1-2,4-5H,3,6-7H2;1-6H;1-5H2;12*1-2H3;1H4. The smallest absolute Gasteiger partial charge is 0.0466 e. The largest absolute Gasteiger partial charge is 0.381 e.